The van der Waals surface area contributed by atoms with Crippen molar-refractivity contribution in [2.24, 2.45) is 0 Å². The van der Waals surface area contributed by atoms with E-state index >= 15 is 0 Å². The van der Waals surface area contributed by atoms with E-state index in [1.54, 1.807) is 24.3 Å². The van der Waals surface area contributed by atoms with Gasteiger partial charge in [-0.25, -0.2) is 0 Å². The number of rotatable bonds is 7. The van der Waals surface area contributed by atoms with Gasteiger partial charge in [-0.3, -0.25) is 9.59 Å². The summed E-state index contributed by atoms with van der Waals surface area (Å²) in [7, 11) is 0. The van der Waals surface area contributed by atoms with Crippen LogP contribution in [-0.4, -0.2) is 18.3 Å². The summed E-state index contributed by atoms with van der Waals surface area (Å²) in [6.45, 7) is 1.40. The molecular formula is C22H20N2O3. The van der Waals surface area contributed by atoms with Crippen LogP contribution in [0.4, 0.5) is 17.1 Å². The average molecular weight is 360 g/mol. The van der Waals surface area contributed by atoms with E-state index in [0.717, 1.165) is 11.4 Å². The summed E-state index contributed by atoms with van der Waals surface area (Å²) in [6, 6.07) is 24.0. The SMILES string of the molecule is CC(=O)c1ccc(OCC(=O)Nc2ccc(Nc3ccccc3)cc2)cc1. The molecule has 0 unspecified atom stereocenters. The quantitative estimate of drug-likeness (QED) is 0.602. The summed E-state index contributed by atoms with van der Waals surface area (Å²) >= 11 is 0. The molecule has 3 rings (SSSR count). The number of Topliss-reactive ketones (excluding diaryl/α,β-unsaturated/α-hetero) is 1. The second kappa shape index (κ2) is 8.67. The maximum atomic E-state index is 12.0. The lowest BCUT2D eigenvalue weighted by Crippen LogP contribution is -2.20. The van der Waals surface area contributed by atoms with Crippen LogP contribution in [0.25, 0.3) is 0 Å². The third-order valence-corrected chi connectivity index (χ3v) is 3.86. The second-order valence-corrected chi connectivity index (χ2v) is 5.99. The van der Waals surface area contributed by atoms with Gasteiger partial charge in [-0.1, -0.05) is 18.2 Å². The molecule has 0 aliphatic heterocycles. The number of ether oxygens (including phenoxy) is 1. The van der Waals surface area contributed by atoms with E-state index in [1.807, 2.05) is 54.6 Å². The van der Waals surface area contributed by atoms with Gasteiger partial charge in [-0.15, -0.1) is 0 Å². The molecule has 0 saturated heterocycles. The number of hydrogen-bond acceptors (Lipinski definition) is 4. The molecule has 0 aliphatic carbocycles. The zero-order valence-corrected chi connectivity index (χ0v) is 14.9. The summed E-state index contributed by atoms with van der Waals surface area (Å²) in [5.74, 6) is 0.275. The highest BCUT2D eigenvalue weighted by Gasteiger charge is 2.05. The van der Waals surface area contributed by atoms with Crippen LogP contribution < -0.4 is 15.4 Å². The fourth-order valence-corrected chi connectivity index (χ4v) is 2.46. The molecule has 0 radical (unpaired) electrons. The van der Waals surface area contributed by atoms with E-state index in [4.69, 9.17) is 4.74 Å². The largest absolute Gasteiger partial charge is 0.484 e. The van der Waals surface area contributed by atoms with Crippen molar-refractivity contribution in [2.75, 3.05) is 17.2 Å². The van der Waals surface area contributed by atoms with Gasteiger partial charge in [0.1, 0.15) is 5.75 Å². The van der Waals surface area contributed by atoms with Gasteiger partial charge in [0.05, 0.1) is 0 Å². The van der Waals surface area contributed by atoms with E-state index in [2.05, 4.69) is 10.6 Å². The van der Waals surface area contributed by atoms with Crippen LogP contribution in [0.2, 0.25) is 0 Å². The van der Waals surface area contributed by atoms with E-state index in [9.17, 15) is 9.59 Å². The highest BCUT2D eigenvalue weighted by Crippen LogP contribution is 2.19. The molecule has 0 bridgehead atoms. The minimum Gasteiger partial charge on any atom is -0.484 e. The lowest BCUT2D eigenvalue weighted by Gasteiger charge is -2.10. The van der Waals surface area contributed by atoms with Gasteiger partial charge in [0.25, 0.3) is 5.91 Å². The van der Waals surface area contributed by atoms with Gasteiger partial charge >= 0.3 is 0 Å². The van der Waals surface area contributed by atoms with Crippen LogP contribution >= 0.6 is 0 Å². The van der Waals surface area contributed by atoms with Gasteiger partial charge in [-0.05, 0) is 67.6 Å². The van der Waals surface area contributed by atoms with Crippen molar-refractivity contribution >= 4 is 28.8 Å². The maximum Gasteiger partial charge on any atom is 0.262 e. The molecule has 0 aromatic heterocycles. The van der Waals surface area contributed by atoms with E-state index in [1.165, 1.54) is 6.92 Å². The summed E-state index contributed by atoms with van der Waals surface area (Å²) in [5, 5.41) is 6.07. The molecule has 3 aromatic carbocycles. The molecule has 0 aliphatic rings. The Morgan fingerprint density at radius 3 is 2.00 bits per heavy atom. The normalized spacial score (nSPS) is 10.1. The van der Waals surface area contributed by atoms with Crippen molar-refractivity contribution in [1.29, 1.82) is 0 Å². The van der Waals surface area contributed by atoms with E-state index in [0.29, 0.717) is 17.0 Å². The van der Waals surface area contributed by atoms with Gasteiger partial charge in [0.15, 0.2) is 12.4 Å². The zero-order valence-electron chi connectivity index (χ0n) is 14.9. The molecule has 0 spiro atoms. The van der Waals surface area contributed by atoms with Crippen molar-refractivity contribution < 1.29 is 14.3 Å². The first-order chi connectivity index (χ1) is 13.1. The Hall–Kier alpha value is -3.60. The van der Waals surface area contributed by atoms with Crippen LogP contribution in [0.15, 0.2) is 78.9 Å². The smallest absolute Gasteiger partial charge is 0.262 e. The Balaban J connectivity index is 1.49. The Bertz CT molecular complexity index is 905. The number of amides is 1. The molecule has 2 N–H and O–H groups in total. The lowest BCUT2D eigenvalue weighted by molar-refractivity contribution is -0.118. The van der Waals surface area contributed by atoms with Crippen molar-refractivity contribution in [1.82, 2.24) is 0 Å². The Labute approximate surface area is 158 Å². The van der Waals surface area contributed by atoms with Gasteiger partial charge in [0.2, 0.25) is 0 Å². The number of carbonyl (C=O) groups is 2. The van der Waals surface area contributed by atoms with Crippen LogP contribution in [0.3, 0.4) is 0 Å². The zero-order chi connectivity index (χ0) is 19.1. The summed E-state index contributed by atoms with van der Waals surface area (Å²) in [5.41, 5.74) is 3.23. The molecule has 0 saturated carbocycles. The number of ketones is 1. The molecule has 0 fully saturated rings. The number of carbonyl (C=O) groups excluding carboxylic acids is 2. The third-order valence-electron chi connectivity index (χ3n) is 3.86. The number of anilines is 3. The first kappa shape index (κ1) is 18.2. The van der Waals surface area contributed by atoms with Crippen molar-refractivity contribution in [3.8, 4) is 5.75 Å². The number of hydrogen-bond donors (Lipinski definition) is 2. The first-order valence-corrected chi connectivity index (χ1v) is 8.56. The molecule has 5 heteroatoms. The Morgan fingerprint density at radius 1 is 0.778 bits per heavy atom. The molecule has 0 atom stereocenters. The molecular weight excluding hydrogens is 340 g/mol. The van der Waals surface area contributed by atoms with Crippen molar-refractivity contribution in [2.45, 2.75) is 6.92 Å². The minimum absolute atomic E-state index is 0.00973. The topological polar surface area (TPSA) is 67.4 Å². The predicted octanol–water partition coefficient (Wildman–Crippen LogP) is 4.65. The van der Waals surface area contributed by atoms with Crippen LogP contribution in [0.1, 0.15) is 17.3 Å². The highest BCUT2D eigenvalue weighted by molar-refractivity contribution is 5.94. The van der Waals surface area contributed by atoms with Crippen LogP contribution in [0, 0.1) is 0 Å². The minimum atomic E-state index is -0.255. The first-order valence-electron chi connectivity index (χ1n) is 8.56. The van der Waals surface area contributed by atoms with Crippen molar-refractivity contribution in [3.63, 3.8) is 0 Å². The van der Waals surface area contributed by atoms with Crippen LogP contribution in [0.5, 0.6) is 5.75 Å². The standard InChI is InChI=1S/C22H20N2O3/c1-16(25)17-7-13-21(14-8-17)27-15-22(26)24-20-11-9-19(10-12-20)23-18-5-3-2-4-6-18/h2-14,23H,15H2,1H3,(H,24,26). The summed E-state index contributed by atoms with van der Waals surface area (Å²) in [6.07, 6.45) is 0. The number of nitrogens with one attached hydrogen (secondary N) is 2. The molecule has 5 nitrogen and oxygen atoms in total. The van der Waals surface area contributed by atoms with E-state index < -0.39 is 0 Å². The molecule has 1 amide bonds. The maximum absolute atomic E-state index is 12.0. The number of para-hydroxylation sites is 1. The predicted molar refractivity (Wildman–Crippen MR) is 107 cm³/mol. The van der Waals surface area contributed by atoms with Gasteiger partial charge in [0, 0.05) is 22.6 Å². The van der Waals surface area contributed by atoms with E-state index in [-0.39, 0.29) is 18.3 Å². The Kier molecular flexibility index (Phi) is 5.84. The fraction of sp³-hybridized carbons (Fsp3) is 0.0909. The number of benzene rings is 3. The molecule has 0 heterocycles. The monoisotopic (exact) mass is 360 g/mol. The third kappa shape index (κ3) is 5.44. The highest BCUT2D eigenvalue weighted by atomic mass is 16.5. The summed E-state index contributed by atoms with van der Waals surface area (Å²) < 4.78 is 5.44. The lowest BCUT2D eigenvalue weighted by atomic mass is 10.1. The molecule has 136 valence electrons. The second-order valence-electron chi connectivity index (χ2n) is 5.99. The summed E-state index contributed by atoms with van der Waals surface area (Å²) in [4.78, 5) is 23.3. The van der Waals surface area contributed by atoms with Crippen molar-refractivity contribution in [3.05, 3.63) is 84.4 Å². The van der Waals surface area contributed by atoms with Gasteiger partial charge in [-0.2, -0.15) is 0 Å². The van der Waals surface area contributed by atoms with Crippen LogP contribution in [-0.2, 0) is 4.79 Å². The van der Waals surface area contributed by atoms with Gasteiger partial charge < -0.3 is 15.4 Å². The fourth-order valence-electron chi connectivity index (χ4n) is 2.46. The average Bonchev–Trinajstić information content (AvgIpc) is 2.69. The Morgan fingerprint density at radius 2 is 1.37 bits per heavy atom. The molecule has 3 aromatic rings. The molecule has 27 heavy (non-hydrogen) atoms.